The molecule has 1 aromatic carbocycles. The fourth-order valence-corrected chi connectivity index (χ4v) is 5.95. The van der Waals surface area contributed by atoms with Crippen LogP contribution in [-0.2, 0) is 23.5 Å². The second-order valence-electron chi connectivity index (χ2n) is 8.17. The zero-order valence-corrected chi connectivity index (χ0v) is 18.6. The number of aryl methyl sites for hydroxylation is 3. The van der Waals surface area contributed by atoms with Gasteiger partial charge >= 0.3 is 0 Å². The van der Waals surface area contributed by atoms with Crippen molar-refractivity contribution < 1.29 is 8.42 Å². The highest BCUT2D eigenvalue weighted by Crippen LogP contribution is 2.30. The molecule has 2 aromatic heterocycles. The molecule has 0 amide bonds. The fraction of sp³-hybridized carbons (Fsp3) is 0.391. The standard InChI is InChI=1S/C23H28N4O2S/c1-17-7-4-8-19(13-17)14-21-10-5-11-22(24-21)20-9-6-12-27(15-20)30(28,29)23-16-26(3)25-18(23)2/h4-5,7-8,10-11,13,16,20H,6,9,12,14-15H2,1-3H3/t20-/m1/s1. The summed E-state index contributed by atoms with van der Waals surface area (Å²) in [6.07, 6.45) is 4.14. The zero-order valence-electron chi connectivity index (χ0n) is 17.7. The summed E-state index contributed by atoms with van der Waals surface area (Å²) in [5, 5.41) is 4.21. The highest BCUT2D eigenvalue weighted by atomic mass is 32.2. The van der Waals surface area contributed by atoms with E-state index in [9.17, 15) is 8.42 Å². The number of benzene rings is 1. The lowest BCUT2D eigenvalue weighted by atomic mass is 9.95. The number of piperidine rings is 1. The first-order chi connectivity index (χ1) is 14.3. The van der Waals surface area contributed by atoms with Crippen molar-refractivity contribution in [1.82, 2.24) is 19.1 Å². The van der Waals surface area contributed by atoms with Crippen LogP contribution in [0.4, 0.5) is 0 Å². The van der Waals surface area contributed by atoms with Gasteiger partial charge in [-0.05, 0) is 44.4 Å². The maximum atomic E-state index is 13.2. The van der Waals surface area contributed by atoms with E-state index in [2.05, 4.69) is 36.3 Å². The van der Waals surface area contributed by atoms with Gasteiger partial charge in [-0.15, -0.1) is 0 Å². The molecule has 7 heteroatoms. The molecule has 3 aromatic rings. The van der Waals surface area contributed by atoms with Crippen molar-refractivity contribution in [3.05, 3.63) is 76.9 Å². The minimum Gasteiger partial charge on any atom is -0.274 e. The third-order valence-electron chi connectivity index (χ3n) is 5.68. The van der Waals surface area contributed by atoms with E-state index in [1.54, 1.807) is 29.2 Å². The van der Waals surface area contributed by atoms with E-state index in [0.29, 0.717) is 23.7 Å². The Bertz CT molecular complexity index is 1150. The second-order valence-corrected chi connectivity index (χ2v) is 10.1. The quantitative estimate of drug-likeness (QED) is 0.628. The molecule has 1 aliphatic heterocycles. The van der Waals surface area contributed by atoms with Crippen LogP contribution < -0.4 is 0 Å². The molecule has 0 spiro atoms. The Morgan fingerprint density at radius 3 is 2.67 bits per heavy atom. The molecule has 0 saturated carbocycles. The Morgan fingerprint density at radius 2 is 1.93 bits per heavy atom. The highest BCUT2D eigenvalue weighted by molar-refractivity contribution is 7.89. The summed E-state index contributed by atoms with van der Waals surface area (Å²) in [7, 11) is -1.81. The van der Waals surface area contributed by atoms with Gasteiger partial charge in [0.05, 0.1) is 5.69 Å². The van der Waals surface area contributed by atoms with E-state index in [4.69, 9.17) is 4.98 Å². The van der Waals surface area contributed by atoms with Gasteiger partial charge in [0.25, 0.3) is 0 Å². The molecule has 3 heterocycles. The smallest absolute Gasteiger partial charge is 0.246 e. The van der Waals surface area contributed by atoms with Gasteiger partial charge in [-0.1, -0.05) is 35.9 Å². The predicted octanol–water partition coefficient (Wildman–Crippen LogP) is 3.59. The molecule has 158 valence electrons. The summed E-state index contributed by atoms with van der Waals surface area (Å²) in [4.78, 5) is 5.19. The summed E-state index contributed by atoms with van der Waals surface area (Å²) in [5.74, 6) is 0.1000. The maximum Gasteiger partial charge on any atom is 0.246 e. The number of aromatic nitrogens is 3. The lowest BCUT2D eigenvalue weighted by molar-refractivity contribution is 0.312. The summed E-state index contributed by atoms with van der Waals surface area (Å²) in [6.45, 7) is 4.83. The summed E-state index contributed by atoms with van der Waals surface area (Å²) in [5.41, 5.74) is 5.00. The lowest BCUT2D eigenvalue weighted by Crippen LogP contribution is -2.39. The average molecular weight is 425 g/mol. The van der Waals surface area contributed by atoms with Crippen LogP contribution in [0.5, 0.6) is 0 Å². The van der Waals surface area contributed by atoms with Crippen LogP contribution in [0.15, 0.2) is 53.6 Å². The van der Waals surface area contributed by atoms with Crippen LogP contribution in [0, 0.1) is 13.8 Å². The summed E-state index contributed by atoms with van der Waals surface area (Å²) in [6, 6.07) is 14.6. The molecule has 0 aliphatic carbocycles. The average Bonchev–Trinajstić information content (AvgIpc) is 3.07. The Hall–Kier alpha value is -2.51. The monoisotopic (exact) mass is 424 g/mol. The van der Waals surface area contributed by atoms with Crippen LogP contribution >= 0.6 is 0 Å². The lowest BCUT2D eigenvalue weighted by Gasteiger charge is -2.31. The molecule has 1 fully saturated rings. The molecular formula is C23H28N4O2S. The van der Waals surface area contributed by atoms with Crippen molar-refractivity contribution >= 4 is 10.0 Å². The first-order valence-corrected chi connectivity index (χ1v) is 11.8. The van der Waals surface area contributed by atoms with Crippen molar-refractivity contribution in [2.45, 2.75) is 43.9 Å². The van der Waals surface area contributed by atoms with E-state index < -0.39 is 10.0 Å². The van der Waals surface area contributed by atoms with Crippen molar-refractivity contribution in [2.24, 2.45) is 7.05 Å². The van der Waals surface area contributed by atoms with Gasteiger partial charge in [-0.3, -0.25) is 9.67 Å². The second kappa shape index (κ2) is 8.32. The Kier molecular flexibility index (Phi) is 5.75. The fourth-order valence-electron chi connectivity index (χ4n) is 4.23. The zero-order chi connectivity index (χ0) is 21.3. The maximum absolute atomic E-state index is 13.2. The van der Waals surface area contributed by atoms with Crippen LogP contribution in [0.25, 0.3) is 0 Å². The molecule has 0 unspecified atom stereocenters. The van der Waals surface area contributed by atoms with Crippen LogP contribution in [0.1, 0.15) is 47.0 Å². The minimum atomic E-state index is -3.55. The topological polar surface area (TPSA) is 68.1 Å². The molecule has 1 saturated heterocycles. The molecule has 1 aliphatic rings. The Balaban J connectivity index is 1.54. The predicted molar refractivity (Wildman–Crippen MR) is 117 cm³/mol. The van der Waals surface area contributed by atoms with Crippen molar-refractivity contribution in [2.75, 3.05) is 13.1 Å². The van der Waals surface area contributed by atoms with Crippen LogP contribution in [0.2, 0.25) is 0 Å². The van der Waals surface area contributed by atoms with Crippen LogP contribution in [-0.4, -0.2) is 40.6 Å². The van der Waals surface area contributed by atoms with E-state index in [-0.39, 0.29) is 5.92 Å². The van der Waals surface area contributed by atoms with Gasteiger partial charge in [-0.2, -0.15) is 9.40 Å². The summed E-state index contributed by atoms with van der Waals surface area (Å²) >= 11 is 0. The van der Waals surface area contributed by atoms with E-state index in [1.807, 2.05) is 18.2 Å². The number of rotatable bonds is 5. The van der Waals surface area contributed by atoms with Gasteiger partial charge < -0.3 is 0 Å². The Labute approximate surface area is 178 Å². The molecule has 30 heavy (non-hydrogen) atoms. The number of sulfonamides is 1. The van der Waals surface area contributed by atoms with Gasteiger partial charge in [0.2, 0.25) is 10.0 Å². The van der Waals surface area contributed by atoms with E-state index in [0.717, 1.165) is 30.7 Å². The van der Waals surface area contributed by atoms with Gasteiger partial charge in [0.15, 0.2) is 0 Å². The molecule has 0 radical (unpaired) electrons. The Morgan fingerprint density at radius 1 is 1.13 bits per heavy atom. The number of hydrogen-bond donors (Lipinski definition) is 0. The molecule has 4 rings (SSSR count). The SMILES string of the molecule is Cc1cccc(Cc2cccc([C@@H]3CCCN(S(=O)(=O)c4cn(C)nc4C)C3)n2)c1. The molecule has 1 atom stereocenters. The number of pyridine rings is 1. The third-order valence-corrected chi connectivity index (χ3v) is 7.65. The third kappa shape index (κ3) is 4.32. The number of hydrogen-bond acceptors (Lipinski definition) is 4. The van der Waals surface area contributed by atoms with Crippen molar-refractivity contribution in [3.8, 4) is 0 Å². The van der Waals surface area contributed by atoms with Crippen LogP contribution in [0.3, 0.4) is 0 Å². The number of nitrogens with zero attached hydrogens (tertiary/aromatic N) is 4. The van der Waals surface area contributed by atoms with E-state index >= 15 is 0 Å². The minimum absolute atomic E-state index is 0.1000. The van der Waals surface area contributed by atoms with Gasteiger partial charge in [0.1, 0.15) is 4.90 Å². The normalized spacial score (nSPS) is 17.9. The van der Waals surface area contributed by atoms with Crippen molar-refractivity contribution in [3.63, 3.8) is 0 Å². The van der Waals surface area contributed by atoms with Gasteiger partial charge in [0, 0.05) is 50.1 Å². The highest BCUT2D eigenvalue weighted by Gasteiger charge is 2.33. The van der Waals surface area contributed by atoms with Crippen molar-refractivity contribution in [1.29, 1.82) is 0 Å². The largest absolute Gasteiger partial charge is 0.274 e. The summed E-state index contributed by atoms with van der Waals surface area (Å²) < 4.78 is 29.5. The molecule has 0 N–H and O–H groups in total. The molecular weight excluding hydrogens is 396 g/mol. The van der Waals surface area contributed by atoms with Gasteiger partial charge in [-0.25, -0.2) is 8.42 Å². The van der Waals surface area contributed by atoms with E-state index in [1.165, 1.54) is 11.1 Å². The molecule has 6 nitrogen and oxygen atoms in total. The first-order valence-electron chi connectivity index (χ1n) is 10.3. The molecule has 0 bridgehead atoms. The first kappa shape index (κ1) is 20.8.